The van der Waals surface area contributed by atoms with E-state index in [1.54, 1.807) is 29.6 Å². The monoisotopic (exact) mass is 270 g/mol. The molecule has 0 aliphatic heterocycles. The summed E-state index contributed by atoms with van der Waals surface area (Å²) >= 11 is 0. The molecule has 0 saturated heterocycles. The molecule has 0 radical (unpaired) electrons. The normalized spacial score (nSPS) is 11.8. The number of benzene rings is 1. The van der Waals surface area contributed by atoms with Crippen LogP contribution in [0.15, 0.2) is 29.2 Å². The van der Waals surface area contributed by atoms with Gasteiger partial charge in [-0.25, -0.2) is 8.42 Å². The van der Waals surface area contributed by atoms with E-state index < -0.39 is 10.0 Å². The molecule has 0 atom stereocenters. The van der Waals surface area contributed by atoms with Gasteiger partial charge in [-0.3, -0.25) is 0 Å². The third-order valence-corrected chi connectivity index (χ3v) is 4.60. The van der Waals surface area contributed by atoms with Crippen LogP contribution in [0.1, 0.15) is 26.7 Å². The minimum absolute atomic E-state index is 0.358. The van der Waals surface area contributed by atoms with Crippen molar-refractivity contribution in [2.45, 2.75) is 31.6 Å². The number of anilines is 1. The fraction of sp³-hybridized carbons (Fsp3) is 0.538. The predicted molar refractivity (Wildman–Crippen MR) is 75.3 cm³/mol. The van der Waals surface area contributed by atoms with Gasteiger partial charge in [0.15, 0.2) is 0 Å². The summed E-state index contributed by atoms with van der Waals surface area (Å²) in [5.41, 5.74) is 0.809. The standard InChI is InChI=1S/C13H22N2O2S/c1-4-9-15(10-5-2)18(16,17)13-8-6-7-12(11-13)14-3/h6-8,11,14H,4-5,9-10H2,1-3H3. The molecule has 1 N–H and O–H groups in total. The Balaban J connectivity index is 3.08. The van der Waals surface area contributed by atoms with Crippen LogP contribution in [0.4, 0.5) is 5.69 Å². The Hall–Kier alpha value is -1.07. The van der Waals surface area contributed by atoms with Crippen molar-refractivity contribution in [2.24, 2.45) is 0 Å². The van der Waals surface area contributed by atoms with Crippen molar-refractivity contribution in [2.75, 3.05) is 25.5 Å². The summed E-state index contributed by atoms with van der Waals surface area (Å²) < 4.78 is 26.5. The van der Waals surface area contributed by atoms with E-state index in [2.05, 4.69) is 5.32 Å². The maximum Gasteiger partial charge on any atom is 0.243 e. The molecule has 0 saturated carbocycles. The third-order valence-electron chi connectivity index (χ3n) is 2.71. The zero-order chi connectivity index (χ0) is 13.6. The van der Waals surface area contributed by atoms with Crippen LogP contribution >= 0.6 is 0 Å². The van der Waals surface area contributed by atoms with E-state index in [1.807, 2.05) is 19.9 Å². The molecule has 1 aromatic rings. The molecule has 0 aliphatic carbocycles. The second-order valence-corrected chi connectivity index (χ2v) is 6.12. The van der Waals surface area contributed by atoms with Gasteiger partial charge in [-0.15, -0.1) is 0 Å². The predicted octanol–water partition coefficient (Wildman–Crippen LogP) is 2.54. The van der Waals surface area contributed by atoms with Crippen LogP contribution in [-0.2, 0) is 10.0 Å². The summed E-state index contributed by atoms with van der Waals surface area (Å²) in [5, 5.41) is 2.96. The van der Waals surface area contributed by atoms with E-state index in [9.17, 15) is 8.42 Å². The van der Waals surface area contributed by atoms with Crippen molar-refractivity contribution in [3.8, 4) is 0 Å². The highest BCUT2D eigenvalue weighted by Gasteiger charge is 2.22. The highest BCUT2D eigenvalue weighted by Crippen LogP contribution is 2.19. The van der Waals surface area contributed by atoms with Crippen molar-refractivity contribution in [3.05, 3.63) is 24.3 Å². The van der Waals surface area contributed by atoms with Crippen LogP contribution < -0.4 is 5.32 Å². The molecular weight excluding hydrogens is 248 g/mol. The lowest BCUT2D eigenvalue weighted by molar-refractivity contribution is 0.410. The van der Waals surface area contributed by atoms with Crippen molar-refractivity contribution < 1.29 is 8.42 Å². The van der Waals surface area contributed by atoms with Crippen molar-refractivity contribution in [1.29, 1.82) is 0 Å². The lowest BCUT2D eigenvalue weighted by atomic mass is 10.3. The molecule has 18 heavy (non-hydrogen) atoms. The van der Waals surface area contributed by atoms with Gasteiger partial charge in [0.05, 0.1) is 4.90 Å². The number of sulfonamides is 1. The molecule has 0 bridgehead atoms. The lowest BCUT2D eigenvalue weighted by Gasteiger charge is -2.21. The largest absolute Gasteiger partial charge is 0.388 e. The highest BCUT2D eigenvalue weighted by molar-refractivity contribution is 7.89. The van der Waals surface area contributed by atoms with Gasteiger partial charge in [-0.2, -0.15) is 4.31 Å². The first-order valence-electron chi connectivity index (χ1n) is 6.34. The minimum atomic E-state index is -3.36. The number of rotatable bonds is 7. The average Bonchev–Trinajstić information content (AvgIpc) is 2.38. The topological polar surface area (TPSA) is 49.4 Å². The maximum atomic E-state index is 12.5. The van der Waals surface area contributed by atoms with E-state index in [4.69, 9.17) is 0 Å². The highest BCUT2D eigenvalue weighted by atomic mass is 32.2. The summed E-state index contributed by atoms with van der Waals surface area (Å²) in [5.74, 6) is 0. The van der Waals surface area contributed by atoms with Crippen molar-refractivity contribution in [3.63, 3.8) is 0 Å². The smallest absolute Gasteiger partial charge is 0.243 e. The fourth-order valence-electron chi connectivity index (χ4n) is 1.81. The van der Waals surface area contributed by atoms with Crippen LogP contribution in [0.25, 0.3) is 0 Å². The summed E-state index contributed by atoms with van der Waals surface area (Å²) in [6, 6.07) is 6.93. The summed E-state index contributed by atoms with van der Waals surface area (Å²) in [7, 11) is -1.59. The van der Waals surface area contributed by atoms with Gasteiger partial charge in [-0.1, -0.05) is 19.9 Å². The summed E-state index contributed by atoms with van der Waals surface area (Å²) in [6.07, 6.45) is 1.65. The molecule has 1 rings (SSSR count). The SMILES string of the molecule is CCCN(CCC)S(=O)(=O)c1cccc(NC)c1. The number of nitrogens with zero attached hydrogens (tertiary/aromatic N) is 1. The lowest BCUT2D eigenvalue weighted by Crippen LogP contribution is -2.32. The fourth-order valence-corrected chi connectivity index (χ4v) is 3.48. The number of hydrogen-bond donors (Lipinski definition) is 1. The van der Waals surface area contributed by atoms with E-state index in [-0.39, 0.29) is 0 Å². The number of hydrogen-bond acceptors (Lipinski definition) is 3. The molecule has 1 aromatic carbocycles. The van der Waals surface area contributed by atoms with Crippen molar-refractivity contribution >= 4 is 15.7 Å². The van der Waals surface area contributed by atoms with Crippen LogP contribution in [0, 0.1) is 0 Å². The molecule has 4 nitrogen and oxygen atoms in total. The molecule has 0 heterocycles. The molecule has 0 aliphatic rings. The second-order valence-electron chi connectivity index (χ2n) is 4.18. The molecular formula is C13H22N2O2S. The minimum Gasteiger partial charge on any atom is -0.388 e. The van der Waals surface area contributed by atoms with Gasteiger partial charge in [0, 0.05) is 25.8 Å². The first kappa shape index (κ1) is 15.0. The van der Waals surface area contributed by atoms with E-state index in [1.165, 1.54) is 0 Å². The second kappa shape index (κ2) is 6.75. The third kappa shape index (κ3) is 3.46. The van der Waals surface area contributed by atoms with Gasteiger partial charge in [-0.05, 0) is 31.0 Å². The van der Waals surface area contributed by atoms with E-state index in [0.717, 1.165) is 18.5 Å². The Labute approximate surface area is 110 Å². The molecule has 0 fully saturated rings. The molecule has 5 heteroatoms. The summed E-state index contributed by atoms with van der Waals surface area (Å²) in [6.45, 7) is 5.12. The van der Waals surface area contributed by atoms with Gasteiger partial charge < -0.3 is 5.32 Å². The van der Waals surface area contributed by atoms with Crippen LogP contribution in [0.2, 0.25) is 0 Å². The van der Waals surface area contributed by atoms with Gasteiger partial charge in [0.25, 0.3) is 0 Å². The number of nitrogens with one attached hydrogen (secondary N) is 1. The van der Waals surface area contributed by atoms with Crippen LogP contribution in [0.5, 0.6) is 0 Å². The zero-order valence-corrected chi connectivity index (χ0v) is 12.1. The molecule has 0 amide bonds. The van der Waals surface area contributed by atoms with Crippen molar-refractivity contribution in [1.82, 2.24) is 4.31 Å². The van der Waals surface area contributed by atoms with E-state index >= 15 is 0 Å². The first-order valence-corrected chi connectivity index (χ1v) is 7.78. The quantitative estimate of drug-likeness (QED) is 0.828. The Bertz CT molecular complexity index is 466. The maximum absolute atomic E-state index is 12.5. The Morgan fingerprint density at radius 1 is 1.17 bits per heavy atom. The van der Waals surface area contributed by atoms with Gasteiger partial charge in [0.1, 0.15) is 0 Å². The zero-order valence-electron chi connectivity index (χ0n) is 11.3. The van der Waals surface area contributed by atoms with Gasteiger partial charge >= 0.3 is 0 Å². The summed E-state index contributed by atoms with van der Waals surface area (Å²) in [4.78, 5) is 0.358. The Morgan fingerprint density at radius 3 is 2.28 bits per heavy atom. The Kier molecular flexibility index (Phi) is 5.62. The first-order chi connectivity index (χ1) is 8.56. The average molecular weight is 270 g/mol. The molecule has 0 aromatic heterocycles. The van der Waals surface area contributed by atoms with E-state index in [0.29, 0.717) is 18.0 Å². The van der Waals surface area contributed by atoms with Crippen LogP contribution in [-0.4, -0.2) is 32.9 Å². The molecule has 0 unspecified atom stereocenters. The molecule has 0 spiro atoms. The van der Waals surface area contributed by atoms with Gasteiger partial charge in [0.2, 0.25) is 10.0 Å². The van der Waals surface area contributed by atoms with Crippen LogP contribution in [0.3, 0.4) is 0 Å². The molecule has 102 valence electrons. The Morgan fingerprint density at radius 2 is 1.78 bits per heavy atom.